The molecule has 6 heteroatoms. The highest BCUT2D eigenvalue weighted by molar-refractivity contribution is 5.49. The van der Waals surface area contributed by atoms with Crippen molar-refractivity contribution in [3.05, 3.63) is 24.3 Å². The van der Waals surface area contributed by atoms with Gasteiger partial charge in [-0.25, -0.2) is 0 Å². The molecule has 0 radical (unpaired) electrons. The Morgan fingerprint density at radius 2 is 1.61 bits per heavy atom. The molecule has 0 aliphatic carbocycles. The number of unbranched alkanes of at least 4 members (excludes halogenated alkanes) is 3. The van der Waals surface area contributed by atoms with Gasteiger partial charge >= 0.3 is 6.36 Å². The zero-order valence-corrected chi connectivity index (χ0v) is 13.6. The molecule has 130 valence electrons. The number of anilines is 1. The van der Waals surface area contributed by atoms with Gasteiger partial charge in [0, 0.05) is 31.9 Å². The van der Waals surface area contributed by atoms with E-state index in [-0.39, 0.29) is 5.75 Å². The quantitative estimate of drug-likeness (QED) is 0.694. The van der Waals surface area contributed by atoms with Gasteiger partial charge in [-0.2, -0.15) is 0 Å². The van der Waals surface area contributed by atoms with E-state index < -0.39 is 6.36 Å². The molecule has 2 rings (SSSR count). The average molecular weight is 330 g/mol. The first-order valence-electron chi connectivity index (χ1n) is 8.31. The summed E-state index contributed by atoms with van der Waals surface area (Å²) >= 11 is 0. The zero-order valence-electron chi connectivity index (χ0n) is 13.6. The van der Waals surface area contributed by atoms with Crippen molar-refractivity contribution in [2.45, 2.75) is 39.0 Å². The van der Waals surface area contributed by atoms with Crippen LogP contribution in [-0.2, 0) is 0 Å². The molecule has 1 fully saturated rings. The maximum absolute atomic E-state index is 12.2. The van der Waals surface area contributed by atoms with Crippen LogP contribution in [0.2, 0.25) is 0 Å². The minimum Gasteiger partial charge on any atom is -0.406 e. The Balaban J connectivity index is 1.76. The Morgan fingerprint density at radius 1 is 0.957 bits per heavy atom. The second-order valence-corrected chi connectivity index (χ2v) is 5.93. The molecule has 0 atom stereocenters. The Bertz CT molecular complexity index is 454. The molecule has 1 saturated heterocycles. The molecular weight excluding hydrogens is 305 g/mol. The summed E-state index contributed by atoms with van der Waals surface area (Å²) in [4.78, 5) is 4.67. The Kier molecular flexibility index (Phi) is 6.57. The molecular formula is C17H25F3N2O. The van der Waals surface area contributed by atoms with E-state index in [0.717, 1.165) is 38.4 Å². The summed E-state index contributed by atoms with van der Waals surface area (Å²) in [6.45, 7) is 7.19. The highest BCUT2D eigenvalue weighted by Gasteiger charge is 2.31. The summed E-state index contributed by atoms with van der Waals surface area (Å²) in [5.41, 5.74) is 0.949. The van der Waals surface area contributed by atoms with E-state index in [1.807, 2.05) is 0 Å². The van der Waals surface area contributed by atoms with Gasteiger partial charge in [0.25, 0.3) is 0 Å². The fourth-order valence-electron chi connectivity index (χ4n) is 2.85. The van der Waals surface area contributed by atoms with E-state index in [1.165, 1.54) is 37.8 Å². The summed E-state index contributed by atoms with van der Waals surface area (Å²) in [5, 5.41) is 0. The summed E-state index contributed by atoms with van der Waals surface area (Å²) in [6.07, 6.45) is 0.452. The monoisotopic (exact) mass is 330 g/mol. The van der Waals surface area contributed by atoms with E-state index in [2.05, 4.69) is 21.5 Å². The fraction of sp³-hybridized carbons (Fsp3) is 0.647. The van der Waals surface area contributed by atoms with E-state index in [1.54, 1.807) is 12.1 Å². The van der Waals surface area contributed by atoms with E-state index in [4.69, 9.17) is 0 Å². The van der Waals surface area contributed by atoms with Crippen molar-refractivity contribution >= 4 is 5.69 Å². The fourth-order valence-corrected chi connectivity index (χ4v) is 2.85. The molecule has 0 bridgehead atoms. The first-order chi connectivity index (χ1) is 11.0. The minimum atomic E-state index is -4.63. The van der Waals surface area contributed by atoms with Gasteiger partial charge in [-0.05, 0) is 37.2 Å². The summed E-state index contributed by atoms with van der Waals surface area (Å²) in [7, 11) is 0. The van der Waals surface area contributed by atoms with Crippen molar-refractivity contribution in [1.29, 1.82) is 0 Å². The number of hydrogen-bond acceptors (Lipinski definition) is 3. The van der Waals surface area contributed by atoms with Crippen LogP contribution in [0.3, 0.4) is 0 Å². The number of halogens is 3. The van der Waals surface area contributed by atoms with E-state index >= 15 is 0 Å². The Morgan fingerprint density at radius 3 is 2.17 bits per heavy atom. The maximum atomic E-state index is 12.2. The summed E-state index contributed by atoms with van der Waals surface area (Å²) in [6, 6.07) is 6.13. The van der Waals surface area contributed by atoms with Crippen LogP contribution in [0.4, 0.5) is 18.9 Å². The van der Waals surface area contributed by atoms with Gasteiger partial charge in [0.05, 0.1) is 0 Å². The van der Waals surface area contributed by atoms with Crippen LogP contribution in [0.5, 0.6) is 5.75 Å². The molecule has 1 aliphatic rings. The summed E-state index contributed by atoms with van der Waals surface area (Å²) in [5.74, 6) is -0.171. The molecule has 0 saturated carbocycles. The third kappa shape index (κ3) is 6.29. The smallest absolute Gasteiger partial charge is 0.406 e. The normalized spacial score (nSPS) is 16.6. The number of hydrogen-bond donors (Lipinski definition) is 0. The van der Waals surface area contributed by atoms with Gasteiger partial charge < -0.3 is 9.64 Å². The lowest BCUT2D eigenvalue weighted by molar-refractivity contribution is -0.274. The molecule has 1 aromatic rings. The van der Waals surface area contributed by atoms with Gasteiger partial charge in [-0.15, -0.1) is 13.2 Å². The molecule has 0 N–H and O–H groups in total. The second kappa shape index (κ2) is 8.43. The van der Waals surface area contributed by atoms with Crippen molar-refractivity contribution in [2.75, 3.05) is 37.6 Å². The minimum absolute atomic E-state index is 0.171. The third-order valence-corrected chi connectivity index (χ3v) is 4.14. The molecule has 0 spiro atoms. The predicted octanol–water partition coefficient (Wildman–Crippen LogP) is 4.29. The molecule has 0 aromatic heterocycles. The first-order valence-corrected chi connectivity index (χ1v) is 8.31. The highest BCUT2D eigenvalue weighted by atomic mass is 19.4. The van der Waals surface area contributed by atoms with E-state index in [9.17, 15) is 13.2 Å². The van der Waals surface area contributed by atoms with Crippen LogP contribution in [0.25, 0.3) is 0 Å². The molecule has 0 unspecified atom stereocenters. The Hall–Kier alpha value is -1.43. The number of ether oxygens (including phenoxy) is 1. The topological polar surface area (TPSA) is 15.7 Å². The largest absolute Gasteiger partial charge is 0.573 e. The van der Waals surface area contributed by atoms with Gasteiger partial charge in [0.15, 0.2) is 0 Å². The zero-order chi connectivity index (χ0) is 16.7. The Labute approximate surface area is 136 Å². The molecule has 1 aliphatic heterocycles. The van der Waals surface area contributed by atoms with Crippen LogP contribution in [0.1, 0.15) is 32.6 Å². The summed E-state index contributed by atoms with van der Waals surface area (Å²) < 4.78 is 40.4. The lowest BCUT2D eigenvalue weighted by Crippen LogP contribution is -2.46. The van der Waals surface area contributed by atoms with Crippen LogP contribution < -0.4 is 9.64 Å². The molecule has 23 heavy (non-hydrogen) atoms. The first kappa shape index (κ1) is 17.9. The number of piperazine rings is 1. The van der Waals surface area contributed by atoms with Crippen molar-refractivity contribution in [3.8, 4) is 5.75 Å². The van der Waals surface area contributed by atoms with Crippen LogP contribution in [0.15, 0.2) is 24.3 Å². The SMILES string of the molecule is CCCCCCN1CCN(c2ccc(OC(F)(F)F)cc2)CC1. The van der Waals surface area contributed by atoms with Crippen LogP contribution >= 0.6 is 0 Å². The van der Waals surface area contributed by atoms with Gasteiger partial charge in [0.2, 0.25) is 0 Å². The van der Waals surface area contributed by atoms with E-state index in [0.29, 0.717) is 0 Å². The number of rotatable bonds is 7. The number of alkyl halides is 3. The van der Waals surface area contributed by atoms with Gasteiger partial charge in [0.1, 0.15) is 5.75 Å². The lowest BCUT2D eigenvalue weighted by atomic mass is 10.2. The second-order valence-electron chi connectivity index (χ2n) is 5.93. The van der Waals surface area contributed by atoms with Crippen molar-refractivity contribution in [1.82, 2.24) is 4.90 Å². The third-order valence-electron chi connectivity index (χ3n) is 4.14. The van der Waals surface area contributed by atoms with Crippen molar-refractivity contribution < 1.29 is 17.9 Å². The lowest BCUT2D eigenvalue weighted by Gasteiger charge is -2.36. The molecule has 1 aromatic carbocycles. The molecule has 1 heterocycles. The maximum Gasteiger partial charge on any atom is 0.573 e. The van der Waals surface area contributed by atoms with Gasteiger partial charge in [-0.1, -0.05) is 26.2 Å². The predicted molar refractivity (Wildman–Crippen MR) is 85.9 cm³/mol. The van der Waals surface area contributed by atoms with Crippen molar-refractivity contribution in [2.24, 2.45) is 0 Å². The van der Waals surface area contributed by atoms with Gasteiger partial charge in [-0.3, -0.25) is 4.90 Å². The highest BCUT2D eigenvalue weighted by Crippen LogP contribution is 2.25. The van der Waals surface area contributed by atoms with Crippen molar-refractivity contribution in [3.63, 3.8) is 0 Å². The number of benzene rings is 1. The average Bonchev–Trinajstić information content (AvgIpc) is 2.52. The molecule has 3 nitrogen and oxygen atoms in total. The van der Waals surface area contributed by atoms with Crippen LogP contribution in [0, 0.1) is 0 Å². The van der Waals surface area contributed by atoms with Crippen LogP contribution in [-0.4, -0.2) is 44.0 Å². The molecule has 0 amide bonds. The standard InChI is InChI=1S/C17H25F3N2O/c1-2-3-4-5-10-21-11-13-22(14-12-21)15-6-8-16(9-7-15)23-17(18,19)20/h6-9H,2-5,10-14H2,1H3. The number of nitrogens with zero attached hydrogens (tertiary/aromatic N) is 2.